The molecule has 4 rings (SSSR count). The van der Waals surface area contributed by atoms with Crippen LogP contribution in [0.4, 0.5) is 11.4 Å². The van der Waals surface area contributed by atoms with Gasteiger partial charge in [-0.25, -0.2) is 0 Å². The van der Waals surface area contributed by atoms with E-state index in [0.717, 1.165) is 21.8 Å². The van der Waals surface area contributed by atoms with Gasteiger partial charge >= 0.3 is 0 Å². The van der Waals surface area contributed by atoms with Crippen LogP contribution in [-0.2, 0) is 16.1 Å². The summed E-state index contributed by atoms with van der Waals surface area (Å²) in [4.78, 5) is 26.2. The van der Waals surface area contributed by atoms with Crippen LogP contribution in [0.1, 0.15) is 12.0 Å². The van der Waals surface area contributed by atoms with Crippen molar-refractivity contribution < 1.29 is 9.59 Å². The molecule has 0 radical (unpaired) electrons. The maximum atomic E-state index is 12.8. The Morgan fingerprint density at radius 3 is 2.34 bits per heavy atom. The quantitative estimate of drug-likeness (QED) is 0.605. The van der Waals surface area contributed by atoms with Gasteiger partial charge in [-0.2, -0.15) is 0 Å². The van der Waals surface area contributed by atoms with Crippen molar-refractivity contribution in [3.63, 3.8) is 0 Å². The maximum Gasteiger partial charge on any atom is 0.240 e. The minimum atomic E-state index is -0.459. The lowest BCUT2D eigenvalue weighted by atomic mass is 10.2. The molecule has 3 aromatic rings. The number of amides is 2. The van der Waals surface area contributed by atoms with E-state index in [4.69, 9.17) is 0 Å². The van der Waals surface area contributed by atoms with E-state index in [1.54, 1.807) is 0 Å². The van der Waals surface area contributed by atoms with Gasteiger partial charge in [0.1, 0.15) is 0 Å². The summed E-state index contributed by atoms with van der Waals surface area (Å²) in [7, 11) is 0. The molecule has 1 heterocycles. The standard InChI is InChI=1S/C23H21N3O2S/c27-22(15-21-23(28)24-19-13-7-8-14-20(19)29-21)25-26(18-11-5-2-6-12-18)16-17-9-3-1-4-10-17/h1-14,21H,15-16H2,(H,24,28)(H,25,27)/t21-/m0/s1. The summed E-state index contributed by atoms with van der Waals surface area (Å²) in [5.41, 5.74) is 5.74. The lowest BCUT2D eigenvalue weighted by Gasteiger charge is -2.28. The predicted octanol–water partition coefficient (Wildman–Crippen LogP) is 4.23. The fourth-order valence-corrected chi connectivity index (χ4v) is 4.27. The zero-order chi connectivity index (χ0) is 20.1. The summed E-state index contributed by atoms with van der Waals surface area (Å²) < 4.78 is 0. The molecule has 0 saturated carbocycles. The monoisotopic (exact) mass is 403 g/mol. The van der Waals surface area contributed by atoms with Crippen LogP contribution in [-0.4, -0.2) is 17.1 Å². The van der Waals surface area contributed by atoms with Crippen molar-refractivity contribution in [2.45, 2.75) is 23.1 Å². The molecule has 0 fully saturated rings. The van der Waals surface area contributed by atoms with Crippen LogP contribution in [0.2, 0.25) is 0 Å². The third kappa shape index (κ3) is 4.78. The van der Waals surface area contributed by atoms with E-state index < -0.39 is 5.25 Å². The van der Waals surface area contributed by atoms with Gasteiger partial charge in [0, 0.05) is 11.3 Å². The summed E-state index contributed by atoms with van der Waals surface area (Å²) in [5, 5.41) is 4.24. The highest BCUT2D eigenvalue weighted by Gasteiger charge is 2.29. The molecule has 6 heteroatoms. The van der Waals surface area contributed by atoms with E-state index in [1.807, 2.05) is 89.9 Å². The number of para-hydroxylation sites is 2. The van der Waals surface area contributed by atoms with E-state index in [9.17, 15) is 9.59 Å². The van der Waals surface area contributed by atoms with Gasteiger partial charge in [0.25, 0.3) is 0 Å². The van der Waals surface area contributed by atoms with E-state index in [1.165, 1.54) is 11.8 Å². The predicted molar refractivity (Wildman–Crippen MR) is 117 cm³/mol. The number of carbonyl (C=O) groups excluding carboxylic acids is 2. The van der Waals surface area contributed by atoms with Gasteiger partial charge in [0.2, 0.25) is 11.8 Å². The first kappa shape index (κ1) is 19.1. The molecule has 146 valence electrons. The number of hydrogen-bond donors (Lipinski definition) is 2. The zero-order valence-corrected chi connectivity index (χ0v) is 16.6. The van der Waals surface area contributed by atoms with Gasteiger partial charge in [0.15, 0.2) is 0 Å². The lowest BCUT2D eigenvalue weighted by Crippen LogP contribution is -2.44. The van der Waals surface area contributed by atoms with Gasteiger partial charge < -0.3 is 5.32 Å². The topological polar surface area (TPSA) is 61.4 Å². The normalized spacial score (nSPS) is 15.2. The SMILES string of the molecule is O=C(C[C@@H]1Sc2ccccc2NC1=O)NN(Cc1ccccc1)c1ccccc1. The molecule has 0 aromatic heterocycles. The molecule has 1 atom stereocenters. The highest BCUT2D eigenvalue weighted by Crippen LogP contribution is 2.36. The van der Waals surface area contributed by atoms with Crippen LogP contribution in [0.5, 0.6) is 0 Å². The number of fused-ring (bicyclic) bond motifs is 1. The number of nitrogens with zero attached hydrogens (tertiary/aromatic N) is 1. The Morgan fingerprint density at radius 2 is 1.59 bits per heavy atom. The Bertz CT molecular complexity index is 995. The highest BCUT2D eigenvalue weighted by atomic mass is 32.2. The summed E-state index contributed by atoms with van der Waals surface area (Å²) in [6.45, 7) is 0.531. The molecule has 0 unspecified atom stereocenters. The average Bonchev–Trinajstić information content (AvgIpc) is 2.75. The number of thioether (sulfide) groups is 1. The summed E-state index contributed by atoms with van der Waals surface area (Å²) in [5.74, 6) is -0.338. The number of carbonyl (C=O) groups is 2. The fraction of sp³-hybridized carbons (Fsp3) is 0.130. The first-order valence-corrected chi connectivity index (χ1v) is 10.3. The molecule has 0 bridgehead atoms. The van der Waals surface area contributed by atoms with Gasteiger partial charge in [0.05, 0.1) is 23.2 Å². The Hall–Kier alpha value is -3.25. The van der Waals surface area contributed by atoms with Crippen molar-refractivity contribution in [2.24, 2.45) is 0 Å². The number of anilines is 2. The van der Waals surface area contributed by atoms with Crippen LogP contribution in [0.15, 0.2) is 89.8 Å². The Kier molecular flexibility index (Phi) is 5.81. The van der Waals surface area contributed by atoms with E-state index in [2.05, 4.69) is 10.7 Å². The molecule has 0 saturated heterocycles. The second-order valence-corrected chi connectivity index (χ2v) is 7.98. The average molecular weight is 404 g/mol. The second kappa shape index (κ2) is 8.84. The van der Waals surface area contributed by atoms with Crippen LogP contribution < -0.4 is 15.8 Å². The number of nitrogens with one attached hydrogen (secondary N) is 2. The van der Waals surface area contributed by atoms with Crippen LogP contribution in [0.3, 0.4) is 0 Å². The van der Waals surface area contributed by atoms with Gasteiger partial charge in [-0.1, -0.05) is 60.7 Å². The van der Waals surface area contributed by atoms with Crippen LogP contribution in [0.25, 0.3) is 0 Å². The van der Waals surface area contributed by atoms with Crippen molar-refractivity contribution in [1.29, 1.82) is 0 Å². The fourth-order valence-electron chi connectivity index (χ4n) is 3.16. The van der Waals surface area contributed by atoms with Crippen LogP contribution in [0, 0.1) is 0 Å². The molecule has 5 nitrogen and oxygen atoms in total. The number of hydrazine groups is 1. The first-order valence-electron chi connectivity index (χ1n) is 9.41. The van der Waals surface area contributed by atoms with E-state index in [0.29, 0.717) is 6.54 Å². The zero-order valence-electron chi connectivity index (χ0n) is 15.7. The molecule has 2 N–H and O–H groups in total. The van der Waals surface area contributed by atoms with Crippen molar-refractivity contribution in [3.8, 4) is 0 Å². The smallest absolute Gasteiger partial charge is 0.240 e. The minimum absolute atomic E-state index is 0.100. The molecule has 1 aliphatic rings. The van der Waals surface area contributed by atoms with E-state index >= 15 is 0 Å². The van der Waals surface area contributed by atoms with Gasteiger partial charge in [-0.05, 0) is 29.8 Å². The van der Waals surface area contributed by atoms with E-state index in [-0.39, 0.29) is 18.2 Å². The Labute approximate surface area is 174 Å². The maximum absolute atomic E-state index is 12.8. The molecule has 0 spiro atoms. The van der Waals surface area contributed by atoms with Crippen molar-refractivity contribution in [1.82, 2.24) is 5.43 Å². The van der Waals surface area contributed by atoms with Crippen molar-refractivity contribution in [2.75, 3.05) is 10.3 Å². The Balaban J connectivity index is 1.46. The summed E-state index contributed by atoms with van der Waals surface area (Å²) >= 11 is 1.43. The lowest BCUT2D eigenvalue weighted by molar-refractivity contribution is -0.124. The van der Waals surface area contributed by atoms with Gasteiger partial charge in [-0.15, -0.1) is 11.8 Å². The van der Waals surface area contributed by atoms with Crippen LogP contribution >= 0.6 is 11.8 Å². The first-order chi connectivity index (χ1) is 14.2. The molecule has 1 aliphatic heterocycles. The third-order valence-corrected chi connectivity index (χ3v) is 5.86. The summed E-state index contributed by atoms with van der Waals surface area (Å²) in [6, 6.07) is 27.3. The molecular formula is C23H21N3O2S. The highest BCUT2D eigenvalue weighted by molar-refractivity contribution is 8.01. The third-order valence-electron chi connectivity index (χ3n) is 4.59. The minimum Gasteiger partial charge on any atom is -0.324 e. The number of rotatable bonds is 6. The number of benzene rings is 3. The molecule has 29 heavy (non-hydrogen) atoms. The second-order valence-electron chi connectivity index (χ2n) is 6.74. The summed E-state index contributed by atoms with van der Waals surface area (Å²) in [6.07, 6.45) is 0.100. The Morgan fingerprint density at radius 1 is 0.931 bits per heavy atom. The molecule has 3 aromatic carbocycles. The number of hydrogen-bond acceptors (Lipinski definition) is 4. The molecule has 2 amide bonds. The van der Waals surface area contributed by atoms with Gasteiger partial charge in [-0.3, -0.25) is 20.0 Å². The molecular weight excluding hydrogens is 382 g/mol. The van der Waals surface area contributed by atoms with Crippen molar-refractivity contribution in [3.05, 3.63) is 90.5 Å². The largest absolute Gasteiger partial charge is 0.324 e. The molecule has 0 aliphatic carbocycles. The van der Waals surface area contributed by atoms with Crippen molar-refractivity contribution >= 4 is 35.0 Å².